The van der Waals surface area contributed by atoms with E-state index in [0.29, 0.717) is 12.3 Å². The van der Waals surface area contributed by atoms with Crippen LogP contribution in [0.1, 0.15) is 39.0 Å². The van der Waals surface area contributed by atoms with Crippen molar-refractivity contribution in [2.45, 2.75) is 39.0 Å². The van der Waals surface area contributed by atoms with Gasteiger partial charge in [0.2, 0.25) is 0 Å². The third kappa shape index (κ3) is 5.21. The van der Waals surface area contributed by atoms with Crippen LogP contribution in [0.25, 0.3) is 0 Å². The second-order valence-corrected chi connectivity index (χ2v) is 3.47. The van der Waals surface area contributed by atoms with Crippen molar-refractivity contribution in [2.75, 3.05) is 13.3 Å². The summed E-state index contributed by atoms with van der Waals surface area (Å²) in [5, 5.41) is 8.86. The van der Waals surface area contributed by atoms with Gasteiger partial charge in [-0.1, -0.05) is 13.5 Å². The van der Waals surface area contributed by atoms with Gasteiger partial charge in [0.25, 0.3) is 0 Å². The number of aliphatic hydroxyl groups is 1. The van der Waals surface area contributed by atoms with Crippen LogP contribution >= 0.6 is 0 Å². The standard InChI is InChI=1S/C12H21FO/c1-3-11(7-5-6-9-13)12(4-2)8-10-14/h12,14H,1,4-10H2,2H3. The van der Waals surface area contributed by atoms with Crippen molar-refractivity contribution >= 4 is 0 Å². The van der Waals surface area contributed by atoms with E-state index in [9.17, 15) is 4.39 Å². The lowest BCUT2D eigenvalue weighted by Gasteiger charge is -2.15. The molecule has 0 amide bonds. The third-order valence-electron chi connectivity index (χ3n) is 2.52. The summed E-state index contributed by atoms with van der Waals surface area (Å²) in [6.45, 7) is 5.70. The van der Waals surface area contributed by atoms with E-state index in [1.165, 1.54) is 0 Å². The predicted molar refractivity (Wildman–Crippen MR) is 58.0 cm³/mol. The number of alkyl halides is 1. The van der Waals surface area contributed by atoms with Gasteiger partial charge in [-0.05, 0) is 43.6 Å². The Morgan fingerprint density at radius 2 is 2.21 bits per heavy atom. The first-order valence-corrected chi connectivity index (χ1v) is 5.35. The molecule has 0 aliphatic heterocycles. The minimum atomic E-state index is -0.249. The summed E-state index contributed by atoms with van der Waals surface area (Å²) < 4.78 is 11.9. The lowest BCUT2D eigenvalue weighted by molar-refractivity contribution is 0.263. The van der Waals surface area contributed by atoms with Crippen LogP contribution < -0.4 is 0 Å². The van der Waals surface area contributed by atoms with Gasteiger partial charge in [-0.15, -0.1) is 5.73 Å². The van der Waals surface area contributed by atoms with Gasteiger partial charge in [-0.3, -0.25) is 4.39 Å². The van der Waals surface area contributed by atoms with Crippen LogP contribution in [-0.4, -0.2) is 18.4 Å². The molecule has 1 atom stereocenters. The number of aliphatic hydroxyl groups excluding tert-OH is 1. The van der Waals surface area contributed by atoms with Crippen LogP contribution in [0.5, 0.6) is 0 Å². The molecule has 1 N–H and O–H groups in total. The molecular weight excluding hydrogens is 179 g/mol. The molecule has 0 saturated carbocycles. The Kier molecular flexibility index (Phi) is 8.61. The minimum absolute atomic E-state index is 0.201. The van der Waals surface area contributed by atoms with Crippen molar-refractivity contribution in [1.29, 1.82) is 0 Å². The Hall–Kier alpha value is -0.590. The molecule has 82 valence electrons. The van der Waals surface area contributed by atoms with Crippen molar-refractivity contribution in [3.63, 3.8) is 0 Å². The summed E-state index contributed by atoms with van der Waals surface area (Å²) in [5.74, 6) is 0.372. The van der Waals surface area contributed by atoms with E-state index in [4.69, 9.17) is 5.11 Å². The fraction of sp³-hybridized carbons (Fsp3) is 0.750. The van der Waals surface area contributed by atoms with Crippen molar-refractivity contribution in [3.8, 4) is 0 Å². The zero-order chi connectivity index (χ0) is 10.8. The normalized spacial score (nSPS) is 12.2. The number of unbranched alkanes of at least 4 members (excludes halogenated alkanes) is 1. The molecule has 0 fully saturated rings. The van der Waals surface area contributed by atoms with Gasteiger partial charge >= 0.3 is 0 Å². The van der Waals surface area contributed by atoms with Crippen LogP contribution in [0.4, 0.5) is 4.39 Å². The number of rotatable bonds is 8. The average molecular weight is 200 g/mol. The Morgan fingerprint density at radius 3 is 2.64 bits per heavy atom. The second-order valence-electron chi connectivity index (χ2n) is 3.47. The van der Waals surface area contributed by atoms with Crippen molar-refractivity contribution in [3.05, 3.63) is 17.9 Å². The van der Waals surface area contributed by atoms with Crippen LogP contribution in [0.15, 0.2) is 17.9 Å². The van der Waals surface area contributed by atoms with E-state index in [1.807, 2.05) is 0 Å². The highest BCUT2D eigenvalue weighted by atomic mass is 19.1. The SMILES string of the molecule is C=C=C(CCCCF)C(CC)CCO. The van der Waals surface area contributed by atoms with Gasteiger partial charge in [-0.2, -0.15) is 0 Å². The summed E-state index contributed by atoms with van der Waals surface area (Å²) in [7, 11) is 0. The fourth-order valence-electron chi connectivity index (χ4n) is 1.63. The minimum Gasteiger partial charge on any atom is -0.396 e. The maximum absolute atomic E-state index is 11.9. The number of allylic oxidation sites excluding steroid dienone is 1. The zero-order valence-electron chi connectivity index (χ0n) is 9.06. The van der Waals surface area contributed by atoms with Gasteiger partial charge in [0.1, 0.15) is 0 Å². The molecule has 0 saturated heterocycles. The number of halogens is 1. The molecule has 1 unspecified atom stereocenters. The molecule has 0 bridgehead atoms. The van der Waals surface area contributed by atoms with Crippen LogP contribution in [0, 0.1) is 5.92 Å². The first-order chi connectivity index (χ1) is 6.79. The zero-order valence-corrected chi connectivity index (χ0v) is 9.06. The maximum atomic E-state index is 11.9. The van der Waals surface area contributed by atoms with Crippen LogP contribution in [0.3, 0.4) is 0 Å². The van der Waals surface area contributed by atoms with Gasteiger partial charge in [0.05, 0.1) is 6.67 Å². The van der Waals surface area contributed by atoms with Gasteiger partial charge in [0, 0.05) is 6.61 Å². The van der Waals surface area contributed by atoms with Gasteiger partial charge in [0.15, 0.2) is 0 Å². The molecular formula is C12H21FO. The topological polar surface area (TPSA) is 20.2 Å². The van der Waals surface area contributed by atoms with E-state index in [0.717, 1.165) is 31.3 Å². The molecule has 0 radical (unpaired) electrons. The highest BCUT2D eigenvalue weighted by Gasteiger charge is 2.10. The summed E-state index contributed by atoms with van der Waals surface area (Å²) in [6.07, 6.45) is 4.10. The van der Waals surface area contributed by atoms with Crippen molar-refractivity contribution < 1.29 is 9.50 Å². The van der Waals surface area contributed by atoms with Gasteiger partial charge < -0.3 is 5.11 Å². The summed E-state index contributed by atoms with van der Waals surface area (Å²) in [4.78, 5) is 0. The van der Waals surface area contributed by atoms with E-state index < -0.39 is 0 Å². The molecule has 14 heavy (non-hydrogen) atoms. The molecule has 0 heterocycles. The molecule has 0 aromatic rings. The Morgan fingerprint density at radius 1 is 1.50 bits per heavy atom. The van der Waals surface area contributed by atoms with E-state index in [2.05, 4.69) is 19.2 Å². The Bertz CT molecular complexity index is 183. The number of hydrogen-bond donors (Lipinski definition) is 1. The predicted octanol–water partition coefficient (Wildman–Crippen LogP) is 3.25. The van der Waals surface area contributed by atoms with E-state index >= 15 is 0 Å². The summed E-state index contributed by atoms with van der Waals surface area (Å²) >= 11 is 0. The summed E-state index contributed by atoms with van der Waals surface area (Å²) in [6, 6.07) is 0. The van der Waals surface area contributed by atoms with Crippen molar-refractivity contribution in [1.82, 2.24) is 0 Å². The van der Waals surface area contributed by atoms with E-state index in [-0.39, 0.29) is 13.3 Å². The van der Waals surface area contributed by atoms with Crippen molar-refractivity contribution in [2.24, 2.45) is 5.92 Å². The fourth-order valence-corrected chi connectivity index (χ4v) is 1.63. The lowest BCUT2D eigenvalue weighted by Crippen LogP contribution is -2.05. The molecule has 0 aromatic carbocycles. The second kappa shape index (κ2) is 8.98. The molecule has 2 heteroatoms. The van der Waals surface area contributed by atoms with Crippen LogP contribution in [0.2, 0.25) is 0 Å². The van der Waals surface area contributed by atoms with Crippen LogP contribution in [-0.2, 0) is 0 Å². The first kappa shape index (κ1) is 13.4. The monoisotopic (exact) mass is 200 g/mol. The molecule has 0 aliphatic rings. The molecule has 0 spiro atoms. The van der Waals surface area contributed by atoms with Gasteiger partial charge in [-0.25, -0.2) is 0 Å². The molecule has 0 aliphatic carbocycles. The largest absolute Gasteiger partial charge is 0.396 e. The lowest BCUT2D eigenvalue weighted by atomic mass is 9.90. The smallest absolute Gasteiger partial charge is 0.0894 e. The average Bonchev–Trinajstić information content (AvgIpc) is 2.22. The highest BCUT2D eigenvalue weighted by molar-refractivity contribution is 5.04. The third-order valence-corrected chi connectivity index (χ3v) is 2.52. The maximum Gasteiger partial charge on any atom is 0.0894 e. The summed E-state index contributed by atoms with van der Waals surface area (Å²) in [5.41, 5.74) is 4.08. The molecule has 0 rings (SSSR count). The quantitative estimate of drug-likeness (QED) is 0.471. The van der Waals surface area contributed by atoms with E-state index in [1.54, 1.807) is 0 Å². The molecule has 0 aromatic heterocycles. The Labute approximate surface area is 86.3 Å². The molecule has 1 nitrogen and oxygen atoms in total. The number of hydrogen-bond acceptors (Lipinski definition) is 1. The highest BCUT2D eigenvalue weighted by Crippen LogP contribution is 2.22. The Balaban J connectivity index is 4.03. The first-order valence-electron chi connectivity index (χ1n) is 5.35.